The van der Waals surface area contributed by atoms with E-state index in [4.69, 9.17) is 23.2 Å². The largest absolute Gasteiger partial charge is 0.322 e. The van der Waals surface area contributed by atoms with Gasteiger partial charge in [-0.25, -0.2) is 0 Å². The smallest absolute Gasteiger partial charge is 0.272 e. The number of carbonyl (C=O) groups excluding carboxylic acids is 2. The molecule has 23 heavy (non-hydrogen) atoms. The molecule has 0 unspecified atom stereocenters. The lowest BCUT2D eigenvalue weighted by atomic mass is 10.2. The van der Waals surface area contributed by atoms with Gasteiger partial charge in [0.2, 0.25) is 5.91 Å². The number of benzene rings is 2. The standard InChI is InChI=1S/C17H14Cl2N2O2/c1-11(22)20-16(7-12-5-3-2-4-6-12)17(23)21-15-9-13(18)8-14(19)10-15/h2-10H,1H3,(H,20,22)(H,21,23). The van der Waals surface area contributed by atoms with Gasteiger partial charge in [-0.05, 0) is 29.8 Å². The highest BCUT2D eigenvalue weighted by atomic mass is 35.5. The van der Waals surface area contributed by atoms with Crippen molar-refractivity contribution in [3.8, 4) is 0 Å². The summed E-state index contributed by atoms with van der Waals surface area (Å²) in [6.07, 6.45) is 1.59. The van der Waals surface area contributed by atoms with Crippen molar-refractivity contribution in [3.63, 3.8) is 0 Å². The molecule has 0 fully saturated rings. The summed E-state index contributed by atoms with van der Waals surface area (Å²) in [4.78, 5) is 23.7. The summed E-state index contributed by atoms with van der Waals surface area (Å²) in [6.45, 7) is 1.34. The van der Waals surface area contributed by atoms with Crippen LogP contribution in [0.1, 0.15) is 12.5 Å². The molecule has 0 aliphatic rings. The second-order valence-electron chi connectivity index (χ2n) is 4.76. The molecule has 0 atom stereocenters. The van der Waals surface area contributed by atoms with Gasteiger partial charge in [-0.1, -0.05) is 53.5 Å². The average molecular weight is 349 g/mol. The number of nitrogens with one attached hydrogen (secondary N) is 2. The van der Waals surface area contributed by atoms with Crippen LogP contribution in [-0.4, -0.2) is 11.8 Å². The van der Waals surface area contributed by atoms with Crippen LogP contribution >= 0.6 is 23.2 Å². The van der Waals surface area contributed by atoms with E-state index in [1.165, 1.54) is 6.92 Å². The minimum atomic E-state index is -0.470. The third-order valence-corrected chi connectivity index (χ3v) is 3.22. The predicted molar refractivity (Wildman–Crippen MR) is 93.3 cm³/mol. The molecule has 0 heterocycles. The third kappa shape index (κ3) is 5.43. The highest BCUT2D eigenvalue weighted by molar-refractivity contribution is 6.35. The monoisotopic (exact) mass is 348 g/mol. The SMILES string of the molecule is CC(=O)NC(=Cc1ccccc1)C(=O)Nc1cc(Cl)cc(Cl)c1. The molecule has 118 valence electrons. The van der Waals surface area contributed by atoms with Crippen LogP contribution in [-0.2, 0) is 9.59 Å². The molecular weight excluding hydrogens is 335 g/mol. The number of rotatable bonds is 4. The molecule has 0 aliphatic carbocycles. The summed E-state index contributed by atoms with van der Waals surface area (Å²) < 4.78 is 0. The van der Waals surface area contributed by atoms with Crippen LogP contribution in [0.15, 0.2) is 54.2 Å². The van der Waals surface area contributed by atoms with Crippen LogP contribution in [0.25, 0.3) is 6.08 Å². The van der Waals surface area contributed by atoms with Gasteiger partial charge in [0.1, 0.15) is 5.70 Å². The van der Waals surface area contributed by atoms with E-state index in [0.717, 1.165) is 5.56 Å². The van der Waals surface area contributed by atoms with Crippen molar-refractivity contribution in [2.75, 3.05) is 5.32 Å². The Morgan fingerprint density at radius 3 is 2.17 bits per heavy atom. The number of anilines is 1. The minimum Gasteiger partial charge on any atom is -0.322 e. The van der Waals surface area contributed by atoms with E-state index in [0.29, 0.717) is 15.7 Å². The van der Waals surface area contributed by atoms with Gasteiger partial charge >= 0.3 is 0 Å². The van der Waals surface area contributed by atoms with Crippen LogP contribution < -0.4 is 10.6 Å². The molecule has 0 aliphatic heterocycles. The number of amides is 2. The van der Waals surface area contributed by atoms with Gasteiger partial charge in [-0.15, -0.1) is 0 Å². The summed E-state index contributed by atoms with van der Waals surface area (Å²) in [7, 11) is 0. The molecule has 0 radical (unpaired) electrons. The Morgan fingerprint density at radius 1 is 1.00 bits per heavy atom. The third-order valence-electron chi connectivity index (χ3n) is 2.79. The van der Waals surface area contributed by atoms with Crippen LogP contribution in [0.4, 0.5) is 5.69 Å². The van der Waals surface area contributed by atoms with E-state index in [1.54, 1.807) is 24.3 Å². The number of hydrogen-bond acceptors (Lipinski definition) is 2. The number of hydrogen-bond donors (Lipinski definition) is 2. The maximum absolute atomic E-state index is 12.4. The van der Waals surface area contributed by atoms with Gasteiger partial charge in [0.15, 0.2) is 0 Å². The van der Waals surface area contributed by atoms with E-state index >= 15 is 0 Å². The first kappa shape index (κ1) is 17.1. The number of carbonyl (C=O) groups is 2. The first-order valence-electron chi connectivity index (χ1n) is 6.76. The lowest BCUT2D eigenvalue weighted by Gasteiger charge is -2.10. The van der Waals surface area contributed by atoms with Gasteiger partial charge in [-0.3, -0.25) is 9.59 Å². The first-order chi connectivity index (χ1) is 10.9. The highest BCUT2D eigenvalue weighted by Gasteiger charge is 2.12. The van der Waals surface area contributed by atoms with Crippen molar-refractivity contribution in [1.82, 2.24) is 5.32 Å². The Bertz CT molecular complexity index is 738. The zero-order valence-electron chi connectivity index (χ0n) is 12.3. The Balaban J connectivity index is 2.26. The lowest BCUT2D eigenvalue weighted by molar-refractivity contribution is -0.120. The van der Waals surface area contributed by atoms with Gasteiger partial charge in [0, 0.05) is 22.7 Å². The van der Waals surface area contributed by atoms with E-state index in [-0.39, 0.29) is 11.6 Å². The summed E-state index contributed by atoms with van der Waals surface area (Å²) in [6, 6.07) is 13.9. The number of halogens is 2. The second-order valence-corrected chi connectivity index (χ2v) is 5.64. The molecule has 2 N–H and O–H groups in total. The summed E-state index contributed by atoms with van der Waals surface area (Å²) in [5, 5.41) is 5.99. The molecule has 4 nitrogen and oxygen atoms in total. The van der Waals surface area contributed by atoms with Gasteiger partial charge < -0.3 is 10.6 Å². The van der Waals surface area contributed by atoms with E-state index in [9.17, 15) is 9.59 Å². The molecule has 0 aromatic heterocycles. The second kappa shape index (κ2) is 7.81. The zero-order valence-corrected chi connectivity index (χ0v) is 13.8. The van der Waals surface area contributed by atoms with E-state index in [1.807, 2.05) is 30.3 Å². The van der Waals surface area contributed by atoms with Gasteiger partial charge in [-0.2, -0.15) is 0 Å². The van der Waals surface area contributed by atoms with Crippen LogP contribution in [0, 0.1) is 0 Å². The van der Waals surface area contributed by atoms with Crippen LogP contribution in [0.5, 0.6) is 0 Å². The topological polar surface area (TPSA) is 58.2 Å². The van der Waals surface area contributed by atoms with Crippen molar-refractivity contribution in [2.45, 2.75) is 6.92 Å². The summed E-state index contributed by atoms with van der Waals surface area (Å²) in [5.74, 6) is -0.811. The fourth-order valence-corrected chi connectivity index (χ4v) is 2.41. The fraction of sp³-hybridized carbons (Fsp3) is 0.0588. The van der Waals surface area contributed by atoms with Crippen molar-refractivity contribution in [1.29, 1.82) is 0 Å². The minimum absolute atomic E-state index is 0.125. The molecular formula is C17H14Cl2N2O2. The van der Waals surface area contributed by atoms with Crippen molar-refractivity contribution >= 4 is 46.8 Å². The Morgan fingerprint density at radius 2 is 1.61 bits per heavy atom. The molecule has 6 heteroatoms. The Kier molecular flexibility index (Phi) is 5.79. The highest BCUT2D eigenvalue weighted by Crippen LogP contribution is 2.22. The molecule has 2 aromatic rings. The van der Waals surface area contributed by atoms with Crippen LogP contribution in [0.2, 0.25) is 10.0 Å². The first-order valence-corrected chi connectivity index (χ1v) is 7.51. The maximum Gasteiger partial charge on any atom is 0.272 e. The summed E-state index contributed by atoms with van der Waals surface area (Å²) >= 11 is 11.8. The van der Waals surface area contributed by atoms with Gasteiger partial charge in [0.25, 0.3) is 5.91 Å². The Hall–Kier alpha value is -2.30. The molecule has 2 aromatic carbocycles. The average Bonchev–Trinajstić information content (AvgIpc) is 2.46. The van der Waals surface area contributed by atoms with Crippen LogP contribution in [0.3, 0.4) is 0 Å². The Labute approximate surface area is 144 Å². The predicted octanol–water partition coefficient (Wildman–Crippen LogP) is 4.11. The summed E-state index contributed by atoms with van der Waals surface area (Å²) in [5.41, 5.74) is 1.35. The molecule has 0 saturated heterocycles. The quantitative estimate of drug-likeness (QED) is 0.816. The maximum atomic E-state index is 12.4. The fourth-order valence-electron chi connectivity index (χ4n) is 1.89. The lowest BCUT2D eigenvalue weighted by Crippen LogP contribution is -2.28. The zero-order chi connectivity index (χ0) is 16.8. The molecule has 0 bridgehead atoms. The molecule has 2 amide bonds. The molecule has 2 rings (SSSR count). The van der Waals surface area contributed by atoms with Crippen molar-refractivity contribution in [3.05, 3.63) is 69.8 Å². The van der Waals surface area contributed by atoms with Gasteiger partial charge in [0.05, 0.1) is 0 Å². The van der Waals surface area contributed by atoms with Crippen molar-refractivity contribution in [2.24, 2.45) is 0 Å². The van der Waals surface area contributed by atoms with E-state index in [2.05, 4.69) is 10.6 Å². The van der Waals surface area contributed by atoms with E-state index < -0.39 is 5.91 Å². The molecule has 0 spiro atoms. The molecule has 0 saturated carbocycles. The van der Waals surface area contributed by atoms with Crippen molar-refractivity contribution < 1.29 is 9.59 Å². The normalized spacial score (nSPS) is 11.0.